The van der Waals surface area contributed by atoms with E-state index >= 15 is 0 Å². The molecule has 0 aliphatic heterocycles. The molecule has 1 unspecified atom stereocenters. The maximum atomic E-state index is 12.1. The van der Waals surface area contributed by atoms with Crippen LogP contribution in [0.3, 0.4) is 0 Å². The number of rotatable bonds is 4. The van der Waals surface area contributed by atoms with Gasteiger partial charge in [-0.1, -0.05) is 0 Å². The largest absolute Gasteiger partial charge is 0.345 e. The molecule has 7 nitrogen and oxygen atoms in total. The summed E-state index contributed by atoms with van der Waals surface area (Å²) >= 11 is 0. The number of nitrogens with one attached hydrogen (secondary N) is 2. The van der Waals surface area contributed by atoms with Crippen molar-refractivity contribution in [2.45, 2.75) is 13.0 Å². The van der Waals surface area contributed by atoms with Gasteiger partial charge in [-0.25, -0.2) is 9.97 Å². The van der Waals surface area contributed by atoms with E-state index in [-0.39, 0.29) is 11.9 Å². The van der Waals surface area contributed by atoms with Crippen LogP contribution in [-0.4, -0.2) is 30.6 Å². The number of carbonyl (C=O) groups excluding carboxylic acids is 1. The van der Waals surface area contributed by atoms with Crippen molar-refractivity contribution in [3.05, 3.63) is 60.6 Å². The second-order valence-corrected chi connectivity index (χ2v) is 4.60. The third-order valence-corrected chi connectivity index (χ3v) is 3.15. The SMILES string of the molecule is CC(NC(=O)c1ccc(-n2ccnc2)nc1)c1cn[nH]c1. The molecular weight excluding hydrogens is 268 g/mol. The van der Waals surface area contributed by atoms with E-state index in [1.807, 2.05) is 6.92 Å². The van der Waals surface area contributed by atoms with Gasteiger partial charge in [0, 0.05) is 30.4 Å². The van der Waals surface area contributed by atoms with Crippen LogP contribution in [0.15, 0.2) is 49.4 Å². The van der Waals surface area contributed by atoms with Gasteiger partial charge in [-0.3, -0.25) is 14.5 Å². The standard InChI is InChI=1S/C14H14N6O/c1-10(12-7-17-18-8-12)19-14(21)11-2-3-13(16-6-11)20-5-4-15-9-20/h2-10H,1H3,(H,17,18)(H,19,21). The molecule has 0 fully saturated rings. The summed E-state index contributed by atoms with van der Waals surface area (Å²) in [6.45, 7) is 1.90. The zero-order valence-corrected chi connectivity index (χ0v) is 11.4. The Balaban J connectivity index is 1.70. The van der Waals surface area contributed by atoms with Crippen LogP contribution in [0.5, 0.6) is 0 Å². The van der Waals surface area contributed by atoms with Crippen LogP contribution in [-0.2, 0) is 0 Å². The molecule has 0 aliphatic rings. The van der Waals surface area contributed by atoms with Crippen molar-refractivity contribution in [2.75, 3.05) is 0 Å². The average Bonchev–Trinajstić information content (AvgIpc) is 3.20. The average molecular weight is 282 g/mol. The molecule has 2 N–H and O–H groups in total. The Labute approximate surface area is 121 Å². The van der Waals surface area contributed by atoms with Gasteiger partial charge in [-0.05, 0) is 19.1 Å². The first-order chi connectivity index (χ1) is 10.2. The van der Waals surface area contributed by atoms with E-state index in [1.54, 1.807) is 54.0 Å². The lowest BCUT2D eigenvalue weighted by Crippen LogP contribution is -2.26. The molecule has 0 radical (unpaired) electrons. The van der Waals surface area contributed by atoms with E-state index in [2.05, 4.69) is 25.5 Å². The maximum absolute atomic E-state index is 12.1. The van der Waals surface area contributed by atoms with Crippen molar-refractivity contribution in [1.82, 2.24) is 30.0 Å². The lowest BCUT2D eigenvalue weighted by Gasteiger charge is -2.12. The Kier molecular flexibility index (Phi) is 3.46. The first-order valence-electron chi connectivity index (χ1n) is 6.48. The molecule has 0 bridgehead atoms. The molecule has 0 saturated heterocycles. The minimum atomic E-state index is -0.173. The summed E-state index contributed by atoms with van der Waals surface area (Å²) in [5.74, 6) is 0.542. The highest BCUT2D eigenvalue weighted by atomic mass is 16.1. The molecule has 3 rings (SSSR count). The van der Waals surface area contributed by atoms with Crippen LogP contribution in [0, 0.1) is 0 Å². The number of aromatic nitrogens is 5. The number of imidazole rings is 1. The molecule has 0 aliphatic carbocycles. The maximum Gasteiger partial charge on any atom is 0.253 e. The molecule has 0 aromatic carbocycles. The molecule has 21 heavy (non-hydrogen) atoms. The van der Waals surface area contributed by atoms with E-state index in [0.29, 0.717) is 11.4 Å². The van der Waals surface area contributed by atoms with Crippen LogP contribution in [0.2, 0.25) is 0 Å². The van der Waals surface area contributed by atoms with Crippen molar-refractivity contribution >= 4 is 5.91 Å². The topological polar surface area (TPSA) is 88.5 Å². The molecule has 1 amide bonds. The minimum absolute atomic E-state index is 0.121. The van der Waals surface area contributed by atoms with Crippen LogP contribution in [0.4, 0.5) is 0 Å². The third-order valence-electron chi connectivity index (χ3n) is 3.15. The first kappa shape index (κ1) is 13.0. The minimum Gasteiger partial charge on any atom is -0.345 e. The normalized spacial score (nSPS) is 12.0. The van der Waals surface area contributed by atoms with Gasteiger partial charge in [0.25, 0.3) is 5.91 Å². The zero-order chi connectivity index (χ0) is 14.7. The Morgan fingerprint density at radius 2 is 2.29 bits per heavy atom. The summed E-state index contributed by atoms with van der Waals surface area (Å²) in [5, 5.41) is 9.49. The predicted molar refractivity (Wildman–Crippen MR) is 75.8 cm³/mol. The summed E-state index contributed by atoms with van der Waals surface area (Å²) in [6, 6.07) is 3.39. The van der Waals surface area contributed by atoms with Crippen LogP contribution < -0.4 is 5.32 Å². The van der Waals surface area contributed by atoms with Crippen molar-refractivity contribution in [1.29, 1.82) is 0 Å². The number of hydrogen-bond donors (Lipinski definition) is 2. The van der Waals surface area contributed by atoms with Gasteiger partial charge in [0.1, 0.15) is 12.1 Å². The highest BCUT2D eigenvalue weighted by Crippen LogP contribution is 2.11. The molecule has 1 atom stereocenters. The van der Waals surface area contributed by atoms with Crippen molar-refractivity contribution < 1.29 is 4.79 Å². The first-order valence-corrected chi connectivity index (χ1v) is 6.48. The molecule has 7 heteroatoms. The molecule has 3 aromatic heterocycles. The number of aromatic amines is 1. The molecule has 0 saturated carbocycles. The zero-order valence-electron chi connectivity index (χ0n) is 11.4. The third kappa shape index (κ3) is 2.81. The van der Waals surface area contributed by atoms with Crippen molar-refractivity contribution in [3.63, 3.8) is 0 Å². The molecular formula is C14H14N6O. The van der Waals surface area contributed by atoms with Gasteiger partial charge in [-0.15, -0.1) is 0 Å². The Morgan fingerprint density at radius 3 is 2.90 bits per heavy atom. The fraction of sp³-hybridized carbons (Fsp3) is 0.143. The van der Waals surface area contributed by atoms with Gasteiger partial charge < -0.3 is 5.32 Å². The van der Waals surface area contributed by atoms with Gasteiger partial charge in [0.15, 0.2) is 0 Å². The van der Waals surface area contributed by atoms with Crippen LogP contribution in [0.1, 0.15) is 28.9 Å². The lowest BCUT2D eigenvalue weighted by atomic mass is 10.1. The van der Waals surface area contributed by atoms with Crippen molar-refractivity contribution in [2.24, 2.45) is 0 Å². The van der Waals surface area contributed by atoms with E-state index in [4.69, 9.17) is 0 Å². The number of hydrogen-bond acceptors (Lipinski definition) is 4. The van der Waals surface area contributed by atoms with E-state index in [1.165, 1.54) is 0 Å². The fourth-order valence-electron chi connectivity index (χ4n) is 1.93. The number of carbonyl (C=O) groups is 1. The Hall–Kier alpha value is -2.96. The molecule has 106 valence electrons. The van der Waals surface area contributed by atoms with E-state index in [9.17, 15) is 4.79 Å². The molecule has 0 spiro atoms. The molecule has 3 aromatic rings. The Morgan fingerprint density at radius 1 is 1.38 bits per heavy atom. The smallest absolute Gasteiger partial charge is 0.253 e. The summed E-state index contributed by atoms with van der Waals surface area (Å²) in [6.07, 6.45) is 10.1. The van der Waals surface area contributed by atoms with Gasteiger partial charge in [0.2, 0.25) is 0 Å². The summed E-state index contributed by atoms with van der Waals surface area (Å²) < 4.78 is 1.77. The second kappa shape index (κ2) is 5.58. The van der Waals surface area contributed by atoms with Crippen LogP contribution in [0.25, 0.3) is 5.82 Å². The lowest BCUT2D eigenvalue weighted by molar-refractivity contribution is 0.0939. The van der Waals surface area contributed by atoms with Gasteiger partial charge >= 0.3 is 0 Å². The van der Waals surface area contributed by atoms with Crippen LogP contribution >= 0.6 is 0 Å². The number of H-pyrrole nitrogens is 1. The monoisotopic (exact) mass is 282 g/mol. The summed E-state index contributed by atoms with van der Waals surface area (Å²) in [4.78, 5) is 20.4. The van der Waals surface area contributed by atoms with Crippen molar-refractivity contribution in [3.8, 4) is 5.82 Å². The van der Waals surface area contributed by atoms with E-state index in [0.717, 1.165) is 5.56 Å². The number of amides is 1. The highest BCUT2D eigenvalue weighted by molar-refractivity contribution is 5.94. The number of pyridine rings is 1. The highest BCUT2D eigenvalue weighted by Gasteiger charge is 2.12. The fourth-order valence-corrected chi connectivity index (χ4v) is 1.93. The Bertz CT molecular complexity index is 703. The summed E-state index contributed by atoms with van der Waals surface area (Å²) in [5.41, 5.74) is 1.43. The predicted octanol–water partition coefficient (Wildman–Crippen LogP) is 1.48. The van der Waals surface area contributed by atoms with Gasteiger partial charge in [-0.2, -0.15) is 5.10 Å². The quantitative estimate of drug-likeness (QED) is 0.758. The number of nitrogens with zero attached hydrogens (tertiary/aromatic N) is 4. The van der Waals surface area contributed by atoms with E-state index < -0.39 is 0 Å². The molecule has 3 heterocycles. The second-order valence-electron chi connectivity index (χ2n) is 4.60. The van der Waals surface area contributed by atoms with Gasteiger partial charge in [0.05, 0.1) is 17.8 Å². The summed E-state index contributed by atoms with van der Waals surface area (Å²) in [7, 11) is 0.